The van der Waals surface area contributed by atoms with Gasteiger partial charge in [-0.3, -0.25) is 4.90 Å². The van der Waals surface area contributed by atoms with Crippen molar-refractivity contribution in [2.75, 3.05) is 38.1 Å². The van der Waals surface area contributed by atoms with Gasteiger partial charge in [0.25, 0.3) is 0 Å². The van der Waals surface area contributed by atoms with Crippen molar-refractivity contribution >= 4 is 16.5 Å². The number of aliphatic hydroxyl groups excluding tert-OH is 1. The van der Waals surface area contributed by atoms with Gasteiger partial charge >= 0.3 is 0 Å². The third-order valence-corrected chi connectivity index (χ3v) is 2.89. The predicted octanol–water partition coefficient (Wildman–Crippen LogP) is 0.573. The first kappa shape index (κ1) is 12.4. The first-order chi connectivity index (χ1) is 7.26. The first-order valence-corrected chi connectivity index (χ1v) is 5.95. The van der Waals surface area contributed by atoms with Gasteiger partial charge in [0.15, 0.2) is 0 Å². The van der Waals surface area contributed by atoms with Gasteiger partial charge in [0, 0.05) is 19.6 Å². The van der Waals surface area contributed by atoms with Crippen LogP contribution in [0.25, 0.3) is 0 Å². The molecule has 2 N–H and O–H groups in total. The molecule has 0 spiro atoms. The fraction of sp³-hybridized carbons (Fsp3) is 0.778. The van der Waals surface area contributed by atoms with Crippen LogP contribution in [-0.2, 0) is 0 Å². The summed E-state index contributed by atoms with van der Waals surface area (Å²) in [6.45, 7) is 7.67. The van der Waals surface area contributed by atoms with E-state index in [0.717, 1.165) is 36.3 Å². The van der Waals surface area contributed by atoms with Crippen LogP contribution in [0.5, 0.6) is 0 Å². The highest BCUT2D eigenvalue weighted by atomic mass is 32.1. The Kier molecular flexibility index (Phi) is 5.52. The number of nitrogens with zero attached hydrogens (tertiary/aromatic N) is 3. The number of aliphatic hydroxyl groups is 1. The number of hydrogen-bond donors (Lipinski definition) is 2. The molecule has 0 aliphatic rings. The van der Waals surface area contributed by atoms with Crippen molar-refractivity contribution in [1.82, 2.24) is 15.1 Å². The standard InChI is InChI=1S/C9H18N4OS/c1-3-13(6-7-14)5-4-10-9-12-11-8(2)15-9/h14H,3-7H2,1-2H3,(H,10,12). The van der Waals surface area contributed by atoms with E-state index >= 15 is 0 Å². The summed E-state index contributed by atoms with van der Waals surface area (Å²) >= 11 is 1.56. The third kappa shape index (κ3) is 4.55. The Morgan fingerprint density at radius 1 is 1.40 bits per heavy atom. The maximum Gasteiger partial charge on any atom is 0.205 e. The molecule has 0 amide bonds. The van der Waals surface area contributed by atoms with E-state index in [-0.39, 0.29) is 6.61 Å². The van der Waals surface area contributed by atoms with Crippen molar-refractivity contribution in [3.63, 3.8) is 0 Å². The molecule has 0 atom stereocenters. The monoisotopic (exact) mass is 230 g/mol. The van der Waals surface area contributed by atoms with Gasteiger partial charge in [0.05, 0.1) is 6.61 Å². The zero-order chi connectivity index (χ0) is 11.1. The van der Waals surface area contributed by atoms with Gasteiger partial charge < -0.3 is 10.4 Å². The summed E-state index contributed by atoms with van der Waals surface area (Å²) in [6, 6.07) is 0. The smallest absolute Gasteiger partial charge is 0.205 e. The molecule has 86 valence electrons. The molecule has 0 bridgehead atoms. The molecule has 6 heteroatoms. The largest absolute Gasteiger partial charge is 0.395 e. The van der Waals surface area contributed by atoms with Crippen molar-refractivity contribution in [3.8, 4) is 0 Å². The Morgan fingerprint density at radius 3 is 2.73 bits per heavy atom. The van der Waals surface area contributed by atoms with Crippen LogP contribution in [0.1, 0.15) is 11.9 Å². The molecule has 0 fully saturated rings. The molecule has 0 aromatic carbocycles. The lowest BCUT2D eigenvalue weighted by molar-refractivity contribution is 0.206. The summed E-state index contributed by atoms with van der Waals surface area (Å²) in [5.41, 5.74) is 0. The van der Waals surface area contributed by atoms with Crippen molar-refractivity contribution < 1.29 is 5.11 Å². The van der Waals surface area contributed by atoms with E-state index in [2.05, 4.69) is 27.3 Å². The summed E-state index contributed by atoms with van der Waals surface area (Å²) in [7, 11) is 0. The minimum Gasteiger partial charge on any atom is -0.395 e. The normalized spacial score (nSPS) is 10.9. The SMILES string of the molecule is CCN(CCO)CCNc1nnc(C)s1. The lowest BCUT2D eigenvalue weighted by Gasteiger charge is -2.18. The number of likely N-dealkylation sites (N-methyl/N-ethyl adjacent to an activating group) is 1. The molecule has 1 aromatic rings. The van der Waals surface area contributed by atoms with E-state index in [1.807, 2.05) is 6.92 Å². The molecule has 0 aliphatic heterocycles. The Bertz CT molecular complexity index is 279. The maximum atomic E-state index is 8.81. The first-order valence-electron chi connectivity index (χ1n) is 5.13. The van der Waals surface area contributed by atoms with Crippen molar-refractivity contribution in [2.45, 2.75) is 13.8 Å². The molecular weight excluding hydrogens is 212 g/mol. The summed E-state index contributed by atoms with van der Waals surface area (Å²) < 4.78 is 0. The highest BCUT2D eigenvalue weighted by molar-refractivity contribution is 7.15. The molecule has 0 aliphatic carbocycles. The van der Waals surface area contributed by atoms with Gasteiger partial charge in [-0.2, -0.15) is 0 Å². The third-order valence-electron chi connectivity index (χ3n) is 2.09. The average Bonchev–Trinajstić information content (AvgIpc) is 2.63. The van der Waals surface area contributed by atoms with Crippen LogP contribution in [-0.4, -0.2) is 53.0 Å². The van der Waals surface area contributed by atoms with Crippen LogP contribution in [0.15, 0.2) is 0 Å². The Hall–Kier alpha value is -0.720. The molecule has 0 unspecified atom stereocenters. The Balaban J connectivity index is 2.20. The summed E-state index contributed by atoms with van der Waals surface area (Å²) in [5, 5.41) is 21.8. The highest BCUT2D eigenvalue weighted by Crippen LogP contribution is 2.12. The van der Waals surface area contributed by atoms with Crippen molar-refractivity contribution in [3.05, 3.63) is 5.01 Å². The number of anilines is 1. The van der Waals surface area contributed by atoms with Crippen LogP contribution in [0.4, 0.5) is 5.13 Å². The van der Waals surface area contributed by atoms with E-state index in [1.165, 1.54) is 0 Å². The van der Waals surface area contributed by atoms with Gasteiger partial charge in [-0.15, -0.1) is 10.2 Å². The number of nitrogens with one attached hydrogen (secondary N) is 1. The lowest BCUT2D eigenvalue weighted by atomic mass is 10.4. The van der Waals surface area contributed by atoms with Crippen molar-refractivity contribution in [1.29, 1.82) is 0 Å². The fourth-order valence-electron chi connectivity index (χ4n) is 1.26. The second-order valence-electron chi connectivity index (χ2n) is 3.21. The maximum absolute atomic E-state index is 8.81. The van der Waals surface area contributed by atoms with Crippen LogP contribution in [0, 0.1) is 6.92 Å². The van der Waals surface area contributed by atoms with Crippen LogP contribution in [0.2, 0.25) is 0 Å². The van der Waals surface area contributed by atoms with Gasteiger partial charge in [-0.25, -0.2) is 0 Å². The van der Waals surface area contributed by atoms with Crippen molar-refractivity contribution in [2.24, 2.45) is 0 Å². The minimum absolute atomic E-state index is 0.214. The summed E-state index contributed by atoms with van der Waals surface area (Å²) in [5.74, 6) is 0. The minimum atomic E-state index is 0.214. The zero-order valence-electron chi connectivity index (χ0n) is 9.23. The summed E-state index contributed by atoms with van der Waals surface area (Å²) in [4.78, 5) is 2.18. The molecule has 1 rings (SSSR count). The van der Waals surface area contributed by atoms with Gasteiger partial charge in [0.2, 0.25) is 5.13 Å². The van der Waals surface area contributed by atoms with E-state index in [9.17, 15) is 0 Å². The second-order valence-corrected chi connectivity index (χ2v) is 4.39. The van der Waals surface area contributed by atoms with Crippen LogP contribution < -0.4 is 5.32 Å². The molecule has 15 heavy (non-hydrogen) atoms. The van der Waals surface area contributed by atoms with Gasteiger partial charge in [-0.1, -0.05) is 18.3 Å². The number of aromatic nitrogens is 2. The van der Waals surface area contributed by atoms with Crippen LogP contribution >= 0.6 is 11.3 Å². The average molecular weight is 230 g/mol. The molecule has 1 heterocycles. The highest BCUT2D eigenvalue weighted by Gasteiger charge is 2.02. The quantitative estimate of drug-likeness (QED) is 0.717. The molecule has 5 nitrogen and oxygen atoms in total. The number of hydrogen-bond acceptors (Lipinski definition) is 6. The molecule has 0 saturated heterocycles. The van der Waals surface area contributed by atoms with E-state index in [4.69, 9.17) is 5.11 Å². The van der Waals surface area contributed by atoms with Crippen LogP contribution in [0.3, 0.4) is 0 Å². The molecule has 0 saturated carbocycles. The molecule has 1 aromatic heterocycles. The van der Waals surface area contributed by atoms with Gasteiger partial charge in [0.1, 0.15) is 5.01 Å². The zero-order valence-corrected chi connectivity index (χ0v) is 10.0. The number of aryl methyl sites for hydroxylation is 1. The Morgan fingerprint density at radius 2 is 2.20 bits per heavy atom. The predicted molar refractivity (Wildman–Crippen MR) is 62.3 cm³/mol. The van der Waals surface area contributed by atoms with Gasteiger partial charge in [-0.05, 0) is 13.5 Å². The van der Waals surface area contributed by atoms with E-state index in [0.29, 0.717) is 0 Å². The molecular formula is C9H18N4OS. The van der Waals surface area contributed by atoms with E-state index in [1.54, 1.807) is 11.3 Å². The lowest BCUT2D eigenvalue weighted by Crippen LogP contribution is -2.31. The fourth-order valence-corrected chi connectivity index (χ4v) is 1.88. The molecule has 0 radical (unpaired) electrons. The topological polar surface area (TPSA) is 61.3 Å². The summed E-state index contributed by atoms with van der Waals surface area (Å²) in [6.07, 6.45) is 0. The second kappa shape index (κ2) is 6.71. The van der Waals surface area contributed by atoms with E-state index < -0.39 is 0 Å². The Labute approximate surface area is 94.1 Å². The number of rotatable bonds is 7.